The summed E-state index contributed by atoms with van der Waals surface area (Å²) < 4.78 is 85.4. The van der Waals surface area contributed by atoms with Crippen LogP contribution in [0.5, 0.6) is 0 Å². The normalized spacial score (nSPS) is 14.4. The average molecular weight is 623 g/mol. The Balaban J connectivity index is 1.62. The van der Waals surface area contributed by atoms with Gasteiger partial charge in [-0.1, -0.05) is 24.3 Å². The number of amides is 1. The number of anilines is 1. The molecular weight excluding hydrogens is 590 g/mol. The standard InChI is InChI=1S/C31H32F6N4O3/c1-4-44-28(42)19-40-9-11-41(12-10-40)27-16-25(24-8-6-5-7-20(24)2)26(17-38-27)29(43)39(3)18-21-13-22(30(32,33)34)15-23(14-21)31(35,36)37/h5-8,13-17H,4,9-12,18-19H2,1-3H3. The fourth-order valence-electron chi connectivity index (χ4n) is 5.07. The Morgan fingerprint density at radius 3 is 2.09 bits per heavy atom. The lowest BCUT2D eigenvalue weighted by molar-refractivity contribution is -0.145. The summed E-state index contributed by atoms with van der Waals surface area (Å²) in [5.74, 6) is -0.328. The molecule has 4 rings (SSSR count). The Kier molecular flexibility index (Phi) is 9.87. The number of carbonyl (C=O) groups excluding carboxylic acids is 2. The molecule has 1 aromatic heterocycles. The molecule has 0 unspecified atom stereocenters. The minimum absolute atomic E-state index is 0.0565. The zero-order valence-corrected chi connectivity index (χ0v) is 24.4. The van der Waals surface area contributed by atoms with Gasteiger partial charge in [-0.25, -0.2) is 4.98 Å². The van der Waals surface area contributed by atoms with Gasteiger partial charge in [-0.15, -0.1) is 0 Å². The second kappa shape index (κ2) is 13.2. The molecule has 0 aliphatic carbocycles. The summed E-state index contributed by atoms with van der Waals surface area (Å²) in [4.78, 5) is 35.1. The largest absolute Gasteiger partial charge is 0.465 e. The highest BCUT2D eigenvalue weighted by Gasteiger charge is 2.37. The zero-order chi connectivity index (χ0) is 32.2. The first-order valence-electron chi connectivity index (χ1n) is 13.9. The van der Waals surface area contributed by atoms with Gasteiger partial charge in [0.15, 0.2) is 0 Å². The Morgan fingerprint density at radius 2 is 1.52 bits per heavy atom. The van der Waals surface area contributed by atoms with E-state index in [1.807, 2.05) is 34.9 Å². The number of benzene rings is 2. The van der Waals surface area contributed by atoms with E-state index < -0.39 is 35.9 Å². The van der Waals surface area contributed by atoms with Crippen molar-refractivity contribution >= 4 is 17.7 Å². The van der Waals surface area contributed by atoms with Crippen LogP contribution in [0.2, 0.25) is 0 Å². The van der Waals surface area contributed by atoms with E-state index in [0.29, 0.717) is 56.3 Å². The summed E-state index contributed by atoms with van der Waals surface area (Å²) >= 11 is 0. The van der Waals surface area contributed by atoms with Crippen molar-refractivity contribution < 1.29 is 40.7 Å². The molecule has 3 aromatic rings. The molecule has 0 spiro atoms. The van der Waals surface area contributed by atoms with E-state index in [0.717, 1.165) is 16.0 Å². The average Bonchev–Trinajstić information content (AvgIpc) is 2.96. The maximum atomic E-state index is 13.7. The molecule has 1 aliphatic heterocycles. The Morgan fingerprint density at radius 1 is 0.909 bits per heavy atom. The van der Waals surface area contributed by atoms with Crippen LogP contribution in [0.25, 0.3) is 11.1 Å². The van der Waals surface area contributed by atoms with Crippen LogP contribution < -0.4 is 4.90 Å². The highest BCUT2D eigenvalue weighted by Crippen LogP contribution is 2.37. The van der Waals surface area contributed by atoms with Crippen LogP contribution in [0.4, 0.5) is 32.2 Å². The molecule has 236 valence electrons. The van der Waals surface area contributed by atoms with E-state index in [1.54, 1.807) is 19.1 Å². The molecule has 2 aromatic carbocycles. The van der Waals surface area contributed by atoms with Crippen LogP contribution in [-0.2, 0) is 28.4 Å². The van der Waals surface area contributed by atoms with Crippen molar-refractivity contribution in [2.75, 3.05) is 51.3 Å². The molecule has 1 amide bonds. The second-order valence-corrected chi connectivity index (χ2v) is 10.5. The number of pyridine rings is 1. The van der Waals surface area contributed by atoms with Gasteiger partial charge in [-0.05, 0) is 60.4 Å². The van der Waals surface area contributed by atoms with Crippen molar-refractivity contribution in [3.05, 3.63) is 82.5 Å². The maximum Gasteiger partial charge on any atom is 0.416 e. The smallest absolute Gasteiger partial charge is 0.416 e. The molecule has 1 aliphatic rings. The monoisotopic (exact) mass is 622 g/mol. The SMILES string of the molecule is CCOC(=O)CN1CCN(c2cc(-c3ccccc3C)c(C(=O)N(C)Cc3cc(C(F)(F)F)cc(C(F)(F)F)c3)cn2)CC1. The lowest BCUT2D eigenvalue weighted by atomic mass is 9.96. The van der Waals surface area contributed by atoms with Gasteiger partial charge in [-0.3, -0.25) is 14.5 Å². The second-order valence-electron chi connectivity index (χ2n) is 10.5. The Hall–Kier alpha value is -4.13. The number of piperazine rings is 1. The lowest BCUT2D eigenvalue weighted by Gasteiger charge is -2.35. The van der Waals surface area contributed by atoms with E-state index in [9.17, 15) is 35.9 Å². The van der Waals surface area contributed by atoms with Gasteiger partial charge in [-0.2, -0.15) is 26.3 Å². The van der Waals surface area contributed by atoms with Crippen LogP contribution in [0.3, 0.4) is 0 Å². The third-order valence-corrected chi connectivity index (χ3v) is 7.32. The molecule has 0 N–H and O–H groups in total. The molecule has 2 heterocycles. The van der Waals surface area contributed by atoms with E-state index >= 15 is 0 Å². The minimum Gasteiger partial charge on any atom is -0.465 e. The molecule has 7 nitrogen and oxygen atoms in total. The number of nitrogens with zero attached hydrogens (tertiary/aromatic N) is 4. The molecule has 0 saturated carbocycles. The highest BCUT2D eigenvalue weighted by atomic mass is 19.4. The zero-order valence-electron chi connectivity index (χ0n) is 24.4. The van der Waals surface area contributed by atoms with Crippen LogP contribution in [0, 0.1) is 6.92 Å². The summed E-state index contributed by atoms with van der Waals surface area (Å²) in [5.41, 5.74) is -0.950. The topological polar surface area (TPSA) is 66.0 Å². The third kappa shape index (κ3) is 7.87. The number of esters is 1. The molecule has 0 bridgehead atoms. The number of halogens is 6. The van der Waals surface area contributed by atoms with Crippen molar-refractivity contribution in [3.8, 4) is 11.1 Å². The van der Waals surface area contributed by atoms with Gasteiger partial charge in [0.2, 0.25) is 0 Å². The van der Waals surface area contributed by atoms with Gasteiger partial charge in [0, 0.05) is 46.0 Å². The van der Waals surface area contributed by atoms with E-state index in [2.05, 4.69) is 4.98 Å². The lowest BCUT2D eigenvalue weighted by Crippen LogP contribution is -2.48. The van der Waals surface area contributed by atoms with Gasteiger partial charge >= 0.3 is 18.3 Å². The predicted octanol–water partition coefficient (Wildman–Crippen LogP) is 6.05. The quantitative estimate of drug-likeness (QED) is 0.225. The first-order chi connectivity index (χ1) is 20.7. The molecular formula is C31H32F6N4O3. The number of alkyl halides is 6. The van der Waals surface area contributed by atoms with Gasteiger partial charge < -0.3 is 14.5 Å². The summed E-state index contributed by atoms with van der Waals surface area (Å²) in [6.07, 6.45) is -8.62. The number of aromatic nitrogens is 1. The van der Waals surface area contributed by atoms with E-state index in [1.165, 1.54) is 13.2 Å². The molecule has 1 saturated heterocycles. The Labute approximate surface area is 251 Å². The predicted molar refractivity (Wildman–Crippen MR) is 152 cm³/mol. The third-order valence-electron chi connectivity index (χ3n) is 7.32. The molecule has 13 heteroatoms. The van der Waals surface area contributed by atoms with Gasteiger partial charge in [0.05, 0.1) is 29.8 Å². The first-order valence-corrected chi connectivity index (χ1v) is 13.9. The fraction of sp³-hybridized carbons (Fsp3) is 0.387. The van der Waals surface area contributed by atoms with E-state index in [-0.39, 0.29) is 29.7 Å². The minimum atomic E-state index is -5.00. The number of hydrogen-bond donors (Lipinski definition) is 0. The maximum absolute atomic E-state index is 13.7. The summed E-state index contributed by atoms with van der Waals surface area (Å²) in [7, 11) is 1.31. The summed E-state index contributed by atoms with van der Waals surface area (Å²) in [6, 6.07) is 10.4. The first kappa shape index (κ1) is 32.8. The molecule has 0 radical (unpaired) electrons. The Bertz CT molecular complexity index is 1470. The van der Waals surface area contributed by atoms with Crippen molar-refractivity contribution in [1.82, 2.24) is 14.8 Å². The summed E-state index contributed by atoms with van der Waals surface area (Å²) in [5, 5.41) is 0. The van der Waals surface area contributed by atoms with Crippen molar-refractivity contribution in [1.29, 1.82) is 0 Å². The number of rotatable bonds is 8. The van der Waals surface area contributed by atoms with Crippen LogP contribution in [-0.4, -0.2) is 73.0 Å². The van der Waals surface area contributed by atoms with Crippen LogP contribution >= 0.6 is 0 Å². The number of aryl methyl sites for hydroxylation is 1. The van der Waals surface area contributed by atoms with Crippen LogP contribution in [0.1, 0.15) is 39.5 Å². The highest BCUT2D eigenvalue weighted by molar-refractivity contribution is 6.01. The number of carbonyl (C=O) groups is 2. The molecule has 44 heavy (non-hydrogen) atoms. The van der Waals surface area contributed by atoms with Gasteiger partial charge in [0.1, 0.15) is 5.82 Å². The fourth-order valence-corrected chi connectivity index (χ4v) is 5.07. The number of hydrogen-bond acceptors (Lipinski definition) is 6. The van der Waals surface area contributed by atoms with Crippen LogP contribution in [0.15, 0.2) is 54.7 Å². The van der Waals surface area contributed by atoms with Crippen molar-refractivity contribution in [2.24, 2.45) is 0 Å². The van der Waals surface area contributed by atoms with Crippen molar-refractivity contribution in [2.45, 2.75) is 32.7 Å². The summed E-state index contributed by atoms with van der Waals surface area (Å²) in [6.45, 7) is 5.88. The van der Waals surface area contributed by atoms with Crippen molar-refractivity contribution in [3.63, 3.8) is 0 Å². The van der Waals surface area contributed by atoms with Gasteiger partial charge in [0.25, 0.3) is 5.91 Å². The molecule has 1 fully saturated rings. The molecule has 0 atom stereocenters. The van der Waals surface area contributed by atoms with E-state index in [4.69, 9.17) is 4.74 Å². The number of ether oxygens (including phenoxy) is 1.